The molecule has 5 nitrogen and oxygen atoms in total. The summed E-state index contributed by atoms with van der Waals surface area (Å²) in [5.41, 5.74) is 2.64. The summed E-state index contributed by atoms with van der Waals surface area (Å²) in [5, 5.41) is 0. The van der Waals surface area contributed by atoms with Crippen molar-refractivity contribution in [3.05, 3.63) is 59.2 Å². The summed E-state index contributed by atoms with van der Waals surface area (Å²) in [7, 11) is -2.05. The second-order valence-corrected chi connectivity index (χ2v) is 8.16. The van der Waals surface area contributed by atoms with E-state index in [1.54, 1.807) is 24.1 Å². The molecule has 0 unspecified atom stereocenters. The number of carbonyl (C=O) groups excluding carboxylic acids is 1. The summed E-state index contributed by atoms with van der Waals surface area (Å²) < 4.78 is 28.2. The fourth-order valence-electron chi connectivity index (χ4n) is 2.68. The predicted molar refractivity (Wildman–Crippen MR) is 105 cm³/mol. The highest BCUT2D eigenvalue weighted by Crippen LogP contribution is 2.24. The maximum Gasteiger partial charge on any atom is 0.261 e. The van der Waals surface area contributed by atoms with Crippen LogP contribution in [-0.4, -0.2) is 32.8 Å². The number of amides is 1. The van der Waals surface area contributed by atoms with E-state index >= 15 is 0 Å². The highest BCUT2D eigenvalue weighted by Gasteiger charge is 2.19. The van der Waals surface area contributed by atoms with Gasteiger partial charge in [0.25, 0.3) is 15.9 Å². The van der Waals surface area contributed by atoms with E-state index in [1.807, 2.05) is 32.0 Å². The SMILES string of the molecule is CCCCN(C)C(=O)c1cccc(S(=O)(=O)Nc2c(C)cccc2C)c1. The lowest BCUT2D eigenvalue weighted by Crippen LogP contribution is -2.28. The van der Waals surface area contributed by atoms with Gasteiger partial charge in [0.15, 0.2) is 0 Å². The molecule has 0 heterocycles. The summed E-state index contributed by atoms with van der Waals surface area (Å²) in [6.07, 6.45) is 1.90. The second-order valence-electron chi connectivity index (χ2n) is 6.48. The van der Waals surface area contributed by atoms with Crippen molar-refractivity contribution in [3.63, 3.8) is 0 Å². The standard InChI is InChI=1S/C20H26N2O3S/c1-5-6-13-22(4)20(23)17-11-8-12-18(14-17)26(24,25)21-19-15(2)9-7-10-16(19)3/h7-12,14,21H,5-6,13H2,1-4H3. The predicted octanol–water partition coefficient (Wildman–Crippen LogP) is 3.98. The Bertz CT molecular complexity index is 871. The van der Waals surface area contributed by atoms with Gasteiger partial charge in [0, 0.05) is 19.2 Å². The van der Waals surface area contributed by atoms with Gasteiger partial charge in [0.05, 0.1) is 10.6 Å². The lowest BCUT2D eigenvalue weighted by molar-refractivity contribution is 0.0793. The third-order valence-corrected chi connectivity index (χ3v) is 5.65. The zero-order chi connectivity index (χ0) is 19.3. The molecule has 0 aliphatic carbocycles. The monoisotopic (exact) mass is 374 g/mol. The molecule has 0 spiro atoms. The largest absolute Gasteiger partial charge is 0.342 e. The van der Waals surface area contributed by atoms with Gasteiger partial charge in [0.2, 0.25) is 0 Å². The van der Waals surface area contributed by atoms with Crippen molar-refractivity contribution in [1.29, 1.82) is 0 Å². The molecule has 0 bridgehead atoms. The van der Waals surface area contributed by atoms with Crippen LogP contribution >= 0.6 is 0 Å². The van der Waals surface area contributed by atoms with Crippen molar-refractivity contribution in [2.45, 2.75) is 38.5 Å². The van der Waals surface area contributed by atoms with Crippen molar-refractivity contribution < 1.29 is 13.2 Å². The normalized spacial score (nSPS) is 11.2. The minimum atomic E-state index is -3.78. The molecular weight excluding hydrogens is 348 g/mol. The van der Waals surface area contributed by atoms with Gasteiger partial charge in [0.1, 0.15) is 0 Å². The lowest BCUT2D eigenvalue weighted by Gasteiger charge is -2.17. The van der Waals surface area contributed by atoms with Crippen LogP contribution in [0.4, 0.5) is 5.69 Å². The molecule has 0 aliphatic rings. The number of nitrogens with one attached hydrogen (secondary N) is 1. The van der Waals surface area contributed by atoms with Gasteiger partial charge in [-0.1, -0.05) is 37.6 Å². The molecule has 2 aromatic rings. The maximum atomic E-state index is 12.8. The van der Waals surface area contributed by atoms with Gasteiger partial charge in [-0.05, 0) is 49.6 Å². The number of para-hydroxylation sites is 1. The van der Waals surface area contributed by atoms with Crippen LogP contribution in [0.1, 0.15) is 41.3 Å². The number of hydrogen-bond donors (Lipinski definition) is 1. The van der Waals surface area contributed by atoms with E-state index in [-0.39, 0.29) is 10.8 Å². The number of benzene rings is 2. The fourth-order valence-corrected chi connectivity index (χ4v) is 3.93. The molecule has 6 heteroatoms. The first kappa shape index (κ1) is 20.0. The zero-order valence-corrected chi connectivity index (χ0v) is 16.6. The van der Waals surface area contributed by atoms with E-state index in [2.05, 4.69) is 11.6 Å². The van der Waals surface area contributed by atoms with Crippen molar-refractivity contribution in [3.8, 4) is 0 Å². The molecule has 0 aliphatic heterocycles. The Morgan fingerprint density at radius 2 is 1.69 bits per heavy atom. The molecule has 1 N–H and O–H groups in total. The van der Waals surface area contributed by atoms with Crippen molar-refractivity contribution in [1.82, 2.24) is 4.90 Å². The van der Waals surface area contributed by atoms with Gasteiger partial charge in [-0.3, -0.25) is 9.52 Å². The Kier molecular flexibility index (Phi) is 6.42. The van der Waals surface area contributed by atoms with Gasteiger partial charge >= 0.3 is 0 Å². The fraction of sp³-hybridized carbons (Fsp3) is 0.350. The van der Waals surface area contributed by atoms with Gasteiger partial charge < -0.3 is 4.90 Å². The van der Waals surface area contributed by atoms with Gasteiger partial charge in [-0.15, -0.1) is 0 Å². The number of carbonyl (C=O) groups is 1. The lowest BCUT2D eigenvalue weighted by atomic mass is 10.1. The van der Waals surface area contributed by atoms with Crippen LogP contribution in [0.25, 0.3) is 0 Å². The third-order valence-electron chi connectivity index (χ3n) is 4.30. The molecule has 1 amide bonds. The second kappa shape index (κ2) is 8.36. The van der Waals surface area contributed by atoms with E-state index in [0.717, 1.165) is 24.0 Å². The molecule has 0 atom stereocenters. The molecular formula is C20H26N2O3S. The first-order valence-corrected chi connectivity index (χ1v) is 10.2. The highest BCUT2D eigenvalue weighted by molar-refractivity contribution is 7.92. The molecule has 0 saturated heterocycles. The van der Waals surface area contributed by atoms with E-state index in [4.69, 9.17) is 0 Å². The molecule has 0 fully saturated rings. The first-order chi connectivity index (χ1) is 12.3. The number of anilines is 1. The molecule has 2 rings (SSSR count). The summed E-state index contributed by atoms with van der Waals surface area (Å²) in [6.45, 7) is 6.42. The number of nitrogens with zero attached hydrogens (tertiary/aromatic N) is 1. The number of unbranched alkanes of at least 4 members (excludes halogenated alkanes) is 1. The minimum Gasteiger partial charge on any atom is -0.342 e. The summed E-state index contributed by atoms with van der Waals surface area (Å²) in [6, 6.07) is 11.8. The van der Waals surface area contributed by atoms with Gasteiger partial charge in [-0.2, -0.15) is 0 Å². The molecule has 0 saturated carbocycles. The Morgan fingerprint density at radius 3 is 2.31 bits per heavy atom. The molecule has 26 heavy (non-hydrogen) atoms. The zero-order valence-electron chi connectivity index (χ0n) is 15.7. The van der Waals surface area contributed by atoms with E-state index in [9.17, 15) is 13.2 Å². The Balaban J connectivity index is 2.29. The summed E-state index contributed by atoms with van der Waals surface area (Å²) in [5.74, 6) is -0.178. The Hall–Kier alpha value is -2.34. The molecule has 2 aromatic carbocycles. The Labute approximate surface area is 156 Å². The maximum absolute atomic E-state index is 12.8. The van der Waals surface area contributed by atoms with E-state index < -0.39 is 10.0 Å². The van der Waals surface area contributed by atoms with Crippen LogP contribution in [0.15, 0.2) is 47.4 Å². The first-order valence-electron chi connectivity index (χ1n) is 8.71. The summed E-state index contributed by atoms with van der Waals surface area (Å²) >= 11 is 0. The third kappa shape index (κ3) is 4.64. The quantitative estimate of drug-likeness (QED) is 0.797. The summed E-state index contributed by atoms with van der Waals surface area (Å²) in [4.78, 5) is 14.2. The highest BCUT2D eigenvalue weighted by atomic mass is 32.2. The van der Waals surface area contributed by atoms with Crippen LogP contribution in [0.3, 0.4) is 0 Å². The van der Waals surface area contributed by atoms with Crippen LogP contribution in [-0.2, 0) is 10.0 Å². The van der Waals surface area contributed by atoms with Crippen molar-refractivity contribution in [2.24, 2.45) is 0 Å². The van der Waals surface area contributed by atoms with Crippen molar-refractivity contribution >= 4 is 21.6 Å². The molecule has 0 aromatic heterocycles. The minimum absolute atomic E-state index is 0.0786. The van der Waals surface area contributed by atoms with Crippen LogP contribution in [0, 0.1) is 13.8 Å². The Morgan fingerprint density at radius 1 is 1.08 bits per heavy atom. The smallest absolute Gasteiger partial charge is 0.261 e. The average Bonchev–Trinajstić information content (AvgIpc) is 2.62. The topological polar surface area (TPSA) is 66.5 Å². The number of hydrogen-bond acceptors (Lipinski definition) is 3. The van der Waals surface area contributed by atoms with E-state index in [0.29, 0.717) is 17.8 Å². The van der Waals surface area contributed by atoms with Crippen LogP contribution < -0.4 is 4.72 Å². The number of aryl methyl sites for hydroxylation is 2. The van der Waals surface area contributed by atoms with Crippen LogP contribution in [0.5, 0.6) is 0 Å². The van der Waals surface area contributed by atoms with Gasteiger partial charge in [-0.25, -0.2) is 8.42 Å². The van der Waals surface area contributed by atoms with E-state index in [1.165, 1.54) is 12.1 Å². The molecule has 140 valence electrons. The number of rotatable bonds is 7. The average molecular weight is 375 g/mol. The number of sulfonamides is 1. The van der Waals surface area contributed by atoms with Crippen molar-refractivity contribution in [2.75, 3.05) is 18.3 Å². The molecule has 0 radical (unpaired) electrons. The van der Waals surface area contributed by atoms with Crippen LogP contribution in [0.2, 0.25) is 0 Å².